The largest absolute Gasteiger partial charge is 0.352 e. The molecule has 0 saturated carbocycles. The minimum absolute atomic E-state index is 0.0204. The highest BCUT2D eigenvalue weighted by atomic mass is 79.9. The van der Waals surface area contributed by atoms with E-state index in [1.54, 1.807) is 11.8 Å². The Hall–Kier alpha value is -1.50. The third-order valence-corrected chi connectivity index (χ3v) is 5.98. The Bertz CT molecular complexity index is 830. The maximum Gasteiger partial charge on any atom is 0.242 e. The highest BCUT2D eigenvalue weighted by molar-refractivity contribution is 9.10. The lowest BCUT2D eigenvalue weighted by atomic mass is 10.1. The number of amides is 2. The second-order valence-corrected chi connectivity index (χ2v) is 9.45. The van der Waals surface area contributed by atoms with E-state index < -0.39 is 6.04 Å². The number of nitrogens with zero attached hydrogens (tertiary/aromatic N) is 1. The van der Waals surface area contributed by atoms with E-state index in [0.29, 0.717) is 23.1 Å². The topological polar surface area (TPSA) is 49.4 Å². The second kappa shape index (κ2) is 11.6. The first-order valence-corrected chi connectivity index (χ1v) is 11.8. The number of rotatable bonds is 9. The Morgan fingerprint density at radius 1 is 1.10 bits per heavy atom. The Morgan fingerprint density at radius 3 is 2.41 bits per heavy atom. The van der Waals surface area contributed by atoms with Crippen molar-refractivity contribution < 1.29 is 9.59 Å². The van der Waals surface area contributed by atoms with Crippen molar-refractivity contribution in [1.29, 1.82) is 0 Å². The fraction of sp³-hybridized carbons (Fsp3) is 0.364. The minimum Gasteiger partial charge on any atom is -0.352 e. The first-order valence-electron chi connectivity index (χ1n) is 9.42. The van der Waals surface area contributed by atoms with E-state index in [2.05, 4.69) is 21.2 Å². The molecule has 1 atom stereocenters. The highest BCUT2D eigenvalue weighted by Gasteiger charge is 2.26. The predicted molar refractivity (Wildman–Crippen MR) is 125 cm³/mol. The van der Waals surface area contributed by atoms with Crippen LogP contribution in [0.1, 0.15) is 31.9 Å². The van der Waals surface area contributed by atoms with Crippen LogP contribution in [0.15, 0.2) is 53.0 Å². The number of benzene rings is 2. The molecule has 2 aromatic rings. The number of hydrogen-bond donors (Lipinski definition) is 1. The fourth-order valence-corrected chi connectivity index (χ4v) is 4.18. The average Bonchev–Trinajstić information content (AvgIpc) is 2.66. The van der Waals surface area contributed by atoms with Crippen molar-refractivity contribution in [2.45, 2.75) is 45.2 Å². The normalized spacial score (nSPS) is 11.9. The van der Waals surface area contributed by atoms with Crippen molar-refractivity contribution in [3.05, 3.63) is 69.2 Å². The summed E-state index contributed by atoms with van der Waals surface area (Å²) in [7, 11) is 0. The van der Waals surface area contributed by atoms with Gasteiger partial charge in [0, 0.05) is 27.8 Å². The van der Waals surface area contributed by atoms with E-state index in [0.717, 1.165) is 15.6 Å². The van der Waals surface area contributed by atoms with Gasteiger partial charge in [-0.25, -0.2) is 0 Å². The molecular weight excluding hydrogens is 472 g/mol. The standard InChI is InChI=1S/C22H26BrClN2O2S/c1-15(2)25-22(28)16(3)26(12-18-5-4-6-19(23)11-18)21(27)14-29-13-17-7-9-20(24)10-8-17/h4-11,15-16H,12-14H2,1-3H3,(H,25,28). The lowest BCUT2D eigenvalue weighted by molar-refractivity contribution is -0.138. The van der Waals surface area contributed by atoms with Crippen molar-refractivity contribution in [3.8, 4) is 0 Å². The molecule has 0 aromatic heterocycles. The van der Waals surface area contributed by atoms with E-state index in [9.17, 15) is 9.59 Å². The summed E-state index contributed by atoms with van der Waals surface area (Å²) in [4.78, 5) is 27.2. The van der Waals surface area contributed by atoms with Crippen LogP contribution in [0.25, 0.3) is 0 Å². The molecule has 0 heterocycles. The SMILES string of the molecule is CC(C)NC(=O)C(C)N(Cc1cccc(Br)c1)C(=O)CSCc1ccc(Cl)cc1. The molecule has 156 valence electrons. The molecule has 2 aromatic carbocycles. The maximum atomic E-state index is 13.0. The molecule has 29 heavy (non-hydrogen) atoms. The van der Waals surface area contributed by atoms with Crippen molar-refractivity contribution in [1.82, 2.24) is 10.2 Å². The third kappa shape index (κ3) is 8.03. The van der Waals surface area contributed by atoms with E-state index in [1.807, 2.05) is 62.4 Å². The molecule has 1 N–H and O–H groups in total. The lowest BCUT2D eigenvalue weighted by Crippen LogP contribution is -2.49. The Morgan fingerprint density at radius 2 is 1.79 bits per heavy atom. The predicted octanol–water partition coefficient (Wildman–Crippen LogP) is 5.28. The molecule has 0 aliphatic heterocycles. The van der Waals surface area contributed by atoms with Crippen LogP contribution in [0.2, 0.25) is 5.02 Å². The van der Waals surface area contributed by atoms with E-state index in [4.69, 9.17) is 11.6 Å². The third-order valence-electron chi connectivity index (χ3n) is 4.25. The zero-order valence-corrected chi connectivity index (χ0v) is 20.0. The van der Waals surface area contributed by atoms with Gasteiger partial charge in [-0.15, -0.1) is 11.8 Å². The summed E-state index contributed by atoms with van der Waals surface area (Å²) in [5.41, 5.74) is 2.08. The first kappa shape index (κ1) is 23.8. The van der Waals surface area contributed by atoms with Gasteiger partial charge in [-0.1, -0.05) is 51.8 Å². The fourth-order valence-electron chi connectivity index (χ4n) is 2.74. The van der Waals surface area contributed by atoms with Crippen LogP contribution in [-0.4, -0.2) is 34.6 Å². The van der Waals surface area contributed by atoms with Crippen molar-refractivity contribution in [3.63, 3.8) is 0 Å². The van der Waals surface area contributed by atoms with Crippen LogP contribution in [0, 0.1) is 0 Å². The van der Waals surface area contributed by atoms with Gasteiger partial charge in [0.25, 0.3) is 0 Å². The van der Waals surface area contributed by atoms with Gasteiger partial charge in [-0.05, 0) is 56.2 Å². The van der Waals surface area contributed by atoms with E-state index >= 15 is 0 Å². The molecule has 4 nitrogen and oxygen atoms in total. The van der Waals surface area contributed by atoms with E-state index in [1.165, 1.54) is 11.8 Å². The Labute approximate surface area is 190 Å². The summed E-state index contributed by atoms with van der Waals surface area (Å²) in [5, 5.41) is 3.60. The quantitative estimate of drug-likeness (QED) is 0.513. The second-order valence-electron chi connectivity index (χ2n) is 7.11. The monoisotopic (exact) mass is 496 g/mol. The van der Waals surface area contributed by atoms with Gasteiger partial charge in [0.2, 0.25) is 11.8 Å². The molecule has 0 aliphatic rings. The highest BCUT2D eigenvalue weighted by Crippen LogP contribution is 2.19. The van der Waals surface area contributed by atoms with Crippen LogP contribution in [0.5, 0.6) is 0 Å². The van der Waals surface area contributed by atoms with Crippen molar-refractivity contribution in [2.24, 2.45) is 0 Å². The summed E-state index contributed by atoms with van der Waals surface area (Å²) in [6.07, 6.45) is 0. The van der Waals surface area contributed by atoms with Crippen LogP contribution in [0.4, 0.5) is 0 Å². The zero-order valence-electron chi connectivity index (χ0n) is 16.8. The number of halogens is 2. The molecule has 0 spiro atoms. The number of carbonyl (C=O) groups excluding carboxylic acids is 2. The maximum absolute atomic E-state index is 13.0. The summed E-state index contributed by atoms with van der Waals surface area (Å²) in [6, 6.07) is 14.9. The average molecular weight is 498 g/mol. The zero-order chi connectivity index (χ0) is 21.4. The molecule has 2 amide bonds. The van der Waals surface area contributed by atoms with Gasteiger partial charge >= 0.3 is 0 Å². The summed E-state index contributed by atoms with van der Waals surface area (Å²) >= 11 is 10.9. The first-order chi connectivity index (χ1) is 13.8. The van der Waals surface area contributed by atoms with Crippen LogP contribution in [-0.2, 0) is 21.9 Å². The van der Waals surface area contributed by atoms with Crippen LogP contribution >= 0.6 is 39.3 Å². The van der Waals surface area contributed by atoms with Crippen molar-refractivity contribution in [2.75, 3.05) is 5.75 Å². The van der Waals surface area contributed by atoms with Gasteiger partial charge in [-0.3, -0.25) is 9.59 Å². The van der Waals surface area contributed by atoms with Gasteiger partial charge < -0.3 is 10.2 Å². The lowest BCUT2D eigenvalue weighted by Gasteiger charge is -2.29. The molecule has 2 rings (SSSR count). The number of nitrogens with one attached hydrogen (secondary N) is 1. The molecule has 0 saturated heterocycles. The molecular formula is C22H26BrClN2O2S. The van der Waals surface area contributed by atoms with Gasteiger partial charge in [-0.2, -0.15) is 0 Å². The summed E-state index contributed by atoms with van der Waals surface area (Å²) < 4.78 is 0.943. The smallest absolute Gasteiger partial charge is 0.242 e. The Kier molecular flexibility index (Phi) is 9.53. The summed E-state index contributed by atoms with van der Waals surface area (Å²) in [6.45, 7) is 5.98. The van der Waals surface area contributed by atoms with Gasteiger partial charge in [0.15, 0.2) is 0 Å². The molecule has 1 unspecified atom stereocenters. The number of carbonyl (C=O) groups is 2. The van der Waals surface area contributed by atoms with Crippen molar-refractivity contribution >= 4 is 51.1 Å². The van der Waals surface area contributed by atoms with Gasteiger partial charge in [0.1, 0.15) is 6.04 Å². The minimum atomic E-state index is -0.556. The van der Waals surface area contributed by atoms with E-state index in [-0.39, 0.29) is 17.9 Å². The molecule has 0 aliphatic carbocycles. The number of hydrogen-bond acceptors (Lipinski definition) is 3. The van der Waals surface area contributed by atoms with Crippen LogP contribution in [0.3, 0.4) is 0 Å². The molecule has 7 heteroatoms. The summed E-state index contributed by atoms with van der Waals surface area (Å²) in [5.74, 6) is 0.803. The Balaban J connectivity index is 2.06. The number of thioether (sulfide) groups is 1. The molecule has 0 bridgehead atoms. The molecule has 0 radical (unpaired) electrons. The van der Waals surface area contributed by atoms with Gasteiger partial charge in [0.05, 0.1) is 5.75 Å². The van der Waals surface area contributed by atoms with Crippen LogP contribution < -0.4 is 5.32 Å². The molecule has 0 fully saturated rings.